The number of likely N-dealkylation sites (tertiary alicyclic amines) is 2. The van der Waals surface area contributed by atoms with Crippen molar-refractivity contribution in [2.24, 2.45) is 5.92 Å². The number of benzene rings is 1. The summed E-state index contributed by atoms with van der Waals surface area (Å²) in [6.45, 7) is 4.78. The van der Waals surface area contributed by atoms with E-state index in [0.717, 1.165) is 62.9 Å². The van der Waals surface area contributed by atoms with E-state index in [9.17, 15) is 18.0 Å². The molecule has 0 unspecified atom stereocenters. The molecule has 0 N–H and O–H groups in total. The number of hydrogen-bond acceptors (Lipinski definition) is 4. The first-order valence-corrected chi connectivity index (χ1v) is 13.9. The standard InChI is InChI=1S/C24H34N4O4S/c29-23(19-9-16-26(17-10-19)24(30)25-11-1-2-12-25)28-15-5-6-20-18-21(7-8-22(20)28)33(31,32)27-13-3-4-14-27/h7-8,18-19H,1-6,9-17H2. The third-order valence-electron chi connectivity index (χ3n) is 7.63. The Morgan fingerprint density at radius 1 is 0.788 bits per heavy atom. The number of nitrogens with zero attached hydrogens (tertiary/aromatic N) is 4. The Morgan fingerprint density at radius 3 is 2.12 bits per heavy atom. The zero-order valence-electron chi connectivity index (χ0n) is 19.2. The number of rotatable bonds is 3. The van der Waals surface area contributed by atoms with Gasteiger partial charge in [-0.25, -0.2) is 13.2 Å². The molecule has 1 aromatic rings. The maximum Gasteiger partial charge on any atom is 0.319 e. The van der Waals surface area contributed by atoms with Crippen molar-refractivity contribution in [2.75, 3.05) is 50.7 Å². The van der Waals surface area contributed by atoms with Gasteiger partial charge in [0.15, 0.2) is 0 Å². The maximum absolute atomic E-state index is 13.4. The zero-order valence-corrected chi connectivity index (χ0v) is 20.1. The van der Waals surface area contributed by atoms with Crippen LogP contribution in [-0.2, 0) is 21.2 Å². The lowest BCUT2D eigenvalue weighted by atomic mass is 9.93. The largest absolute Gasteiger partial charge is 0.325 e. The SMILES string of the molecule is O=C(N1CCCC1)N1CCC(C(=O)N2CCCc3cc(S(=O)(=O)N4CCCC4)ccc32)CC1. The highest BCUT2D eigenvalue weighted by Gasteiger charge is 2.35. The number of piperidine rings is 1. The number of carbonyl (C=O) groups is 2. The van der Waals surface area contributed by atoms with Crippen molar-refractivity contribution in [3.05, 3.63) is 23.8 Å². The van der Waals surface area contributed by atoms with Crippen LogP contribution in [0.15, 0.2) is 23.1 Å². The van der Waals surface area contributed by atoms with Gasteiger partial charge in [0.1, 0.15) is 0 Å². The summed E-state index contributed by atoms with van der Waals surface area (Å²) < 4.78 is 27.5. The molecule has 180 valence electrons. The van der Waals surface area contributed by atoms with Crippen molar-refractivity contribution in [2.45, 2.75) is 56.3 Å². The molecule has 0 bridgehead atoms. The minimum Gasteiger partial charge on any atom is -0.325 e. The quantitative estimate of drug-likeness (QED) is 0.675. The number of anilines is 1. The summed E-state index contributed by atoms with van der Waals surface area (Å²) in [7, 11) is -3.46. The molecule has 1 aromatic carbocycles. The van der Waals surface area contributed by atoms with Crippen molar-refractivity contribution in [1.82, 2.24) is 14.1 Å². The number of aryl methyl sites for hydroxylation is 1. The van der Waals surface area contributed by atoms with Gasteiger partial charge in [0.25, 0.3) is 0 Å². The van der Waals surface area contributed by atoms with Gasteiger partial charge in [0.2, 0.25) is 15.9 Å². The molecule has 8 nitrogen and oxygen atoms in total. The molecular weight excluding hydrogens is 440 g/mol. The van der Waals surface area contributed by atoms with Crippen molar-refractivity contribution >= 4 is 27.6 Å². The summed E-state index contributed by atoms with van der Waals surface area (Å²) in [5.74, 6) is 0.0194. The average Bonchev–Trinajstić information content (AvgIpc) is 3.57. The maximum atomic E-state index is 13.4. The summed E-state index contributed by atoms with van der Waals surface area (Å²) in [5, 5.41) is 0. The molecule has 0 saturated carbocycles. The number of sulfonamides is 1. The number of carbonyl (C=O) groups excluding carboxylic acids is 2. The summed E-state index contributed by atoms with van der Waals surface area (Å²) in [6.07, 6.45) is 6.97. The third-order valence-corrected chi connectivity index (χ3v) is 9.52. The van der Waals surface area contributed by atoms with Crippen LogP contribution < -0.4 is 4.90 Å². The second-order valence-corrected chi connectivity index (χ2v) is 11.7. The van der Waals surface area contributed by atoms with Crippen molar-refractivity contribution < 1.29 is 18.0 Å². The molecule has 0 atom stereocenters. The molecular formula is C24H34N4O4S. The summed E-state index contributed by atoms with van der Waals surface area (Å²) >= 11 is 0. The summed E-state index contributed by atoms with van der Waals surface area (Å²) in [5.41, 5.74) is 1.79. The van der Waals surface area contributed by atoms with Crippen LogP contribution in [0.5, 0.6) is 0 Å². The van der Waals surface area contributed by atoms with Gasteiger partial charge in [-0.2, -0.15) is 4.31 Å². The second-order valence-electron chi connectivity index (χ2n) is 9.73. The molecule has 3 amide bonds. The molecule has 4 heterocycles. The van der Waals surface area contributed by atoms with Crippen LogP contribution >= 0.6 is 0 Å². The van der Waals surface area contributed by atoms with E-state index in [4.69, 9.17) is 0 Å². The van der Waals surface area contributed by atoms with Crippen LogP contribution in [0.1, 0.15) is 50.5 Å². The Labute approximate surface area is 196 Å². The molecule has 0 aromatic heterocycles. The van der Waals surface area contributed by atoms with Gasteiger partial charge < -0.3 is 14.7 Å². The lowest BCUT2D eigenvalue weighted by Crippen LogP contribution is -2.49. The van der Waals surface area contributed by atoms with Gasteiger partial charge in [-0.1, -0.05) is 0 Å². The average molecular weight is 475 g/mol. The van der Waals surface area contributed by atoms with E-state index < -0.39 is 10.0 Å². The predicted molar refractivity (Wildman–Crippen MR) is 126 cm³/mol. The van der Waals surface area contributed by atoms with Gasteiger partial charge in [-0.15, -0.1) is 0 Å². The van der Waals surface area contributed by atoms with Crippen molar-refractivity contribution in [1.29, 1.82) is 0 Å². The number of urea groups is 1. The lowest BCUT2D eigenvalue weighted by Gasteiger charge is -2.37. The minimum atomic E-state index is -3.46. The van der Waals surface area contributed by atoms with Crippen LogP contribution in [0.3, 0.4) is 0 Å². The van der Waals surface area contributed by atoms with Crippen molar-refractivity contribution in [3.63, 3.8) is 0 Å². The molecule has 0 radical (unpaired) electrons. The van der Waals surface area contributed by atoms with E-state index in [-0.39, 0.29) is 17.9 Å². The van der Waals surface area contributed by atoms with Crippen LogP contribution in [0, 0.1) is 5.92 Å². The smallest absolute Gasteiger partial charge is 0.319 e. The Morgan fingerprint density at radius 2 is 1.42 bits per heavy atom. The Bertz CT molecular complexity index is 1010. The molecule has 4 aliphatic heterocycles. The fourth-order valence-corrected chi connectivity index (χ4v) is 7.26. The number of amides is 3. The Hall–Kier alpha value is -2.13. The van der Waals surface area contributed by atoms with Gasteiger partial charge in [0.05, 0.1) is 4.90 Å². The highest BCUT2D eigenvalue weighted by molar-refractivity contribution is 7.89. The van der Waals surface area contributed by atoms with Crippen LogP contribution in [-0.4, -0.2) is 80.3 Å². The van der Waals surface area contributed by atoms with E-state index in [0.29, 0.717) is 50.5 Å². The normalized spacial score (nSPS) is 22.6. The topological polar surface area (TPSA) is 81.2 Å². The molecule has 5 rings (SSSR count). The van der Waals surface area contributed by atoms with E-state index in [2.05, 4.69) is 0 Å². The first kappa shape index (κ1) is 22.7. The molecule has 0 aliphatic carbocycles. The first-order chi connectivity index (χ1) is 15.9. The fourth-order valence-electron chi connectivity index (χ4n) is 5.69. The molecule has 3 fully saturated rings. The van der Waals surface area contributed by atoms with E-state index in [1.807, 2.05) is 20.8 Å². The first-order valence-electron chi connectivity index (χ1n) is 12.4. The molecule has 0 spiro atoms. The summed E-state index contributed by atoms with van der Waals surface area (Å²) in [6, 6.07) is 5.38. The monoisotopic (exact) mass is 474 g/mol. The zero-order chi connectivity index (χ0) is 23.0. The fraction of sp³-hybridized carbons (Fsp3) is 0.667. The van der Waals surface area contributed by atoms with Gasteiger partial charge in [0, 0.05) is 57.4 Å². The van der Waals surface area contributed by atoms with Gasteiger partial charge in [-0.05, 0) is 75.1 Å². The highest BCUT2D eigenvalue weighted by atomic mass is 32.2. The molecule has 3 saturated heterocycles. The predicted octanol–water partition coefficient (Wildman–Crippen LogP) is 2.68. The Kier molecular flexibility index (Phi) is 6.35. The van der Waals surface area contributed by atoms with Crippen LogP contribution in [0.4, 0.5) is 10.5 Å². The highest BCUT2D eigenvalue weighted by Crippen LogP contribution is 2.33. The van der Waals surface area contributed by atoms with Crippen LogP contribution in [0.25, 0.3) is 0 Å². The second kappa shape index (κ2) is 9.25. The van der Waals surface area contributed by atoms with Crippen LogP contribution in [0.2, 0.25) is 0 Å². The van der Waals surface area contributed by atoms with E-state index in [1.165, 1.54) is 0 Å². The molecule has 33 heavy (non-hydrogen) atoms. The van der Waals surface area contributed by atoms with Gasteiger partial charge >= 0.3 is 6.03 Å². The lowest BCUT2D eigenvalue weighted by molar-refractivity contribution is -0.123. The summed E-state index contributed by atoms with van der Waals surface area (Å²) in [4.78, 5) is 32.1. The molecule has 4 aliphatic rings. The van der Waals surface area contributed by atoms with Crippen molar-refractivity contribution in [3.8, 4) is 0 Å². The Balaban J connectivity index is 1.26. The van der Waals surface area contributed by atoms with Gasteiger partial charge in [-0.3, -0.25) is 4.79 Å². The van der Waals surface area contributed by atoms with E-state index >= 15 is 0 Å². The minimum absolute atomic E-state index is 0.0911. The number of hydrogen-bond donors (Lipinski definition) is 0. The number of fused-ring (bicyclic) bond motifs is 1. The molecule has 9 heteroatoms. The van der Waals surface area contributed by atoms with E-state index in [1.54, 1.807) is 16.4 Å². The third kappa shape index (κ3) is 4.37.